The zero-order valence-electron chi connectivity index (χ0n) is 17.2. The summed E-state index contributed by atoms with van der Waals surface area (Å²) in [5.74, 6) is -0.111. The molecule has 1 aliphatic rings. The lowest BCUT2D eigenvalue weighted by atomic mass is 10.1. The minimum atomic E-state index is -3.61. The highest BCUT2D eigenvalue weighted by molar-refractivity contribution is 7.90. The summed E-state index contributed by atoms with van der Waals surface area (Å²) in [6, 6.07) is 12.5. The predicted octanol–water partition coefficient (Wildman–Crippen LogP) is 3.16. The summed E-state index contributed by atoms with van der Waals surface area (Å²) >= 11 is 0. The van der Waals surface area contributed by atoms with Crippen LogP contribution in [-0.2, 0) is 14.6 Å². The van der Waals surface area contributed by atoms with E-state index in [0.29, 0.717) is 42.8 Å². The van der Waals surface area contributed by atoms with Crippen molar-refractivity contribution in [2.75, 3.05) is 36.6 Å². The minimum Gasteiger partial charge on any atom is -0.399 e. The van der Waals surface area contributed by atoms with Crippen molar-refractivity contribution < 1.29 is 17.5 Å². The molecule has 0 spiro atoms. The third-order valence-corrected chi connectivity index (χ3v) is 6.32. The van der Waals surface area contributed by atoms with Crippen LogP contribution < -0.4 is 10.6 Å². The van der Waals surface area contributed by atoms with Crippen LogP contribution in [0.2, 0.25) is 0 Å². The van der Waals surface area contributed by atoms with E-state index in [0.717, 1.165) is 17.9 Å². The first-order valence-corrected chi connectivity index (χ1v) is 11.7. The Hall–Kier alpha value is -3.04. The van der Waals surface area contributed by atoms with Crippen LogP contribution in [0.1, 0.15) is 6.92 Å². The Morgan fingerprint density at radius 2 is 1.81 bits per heavy atom. The van der Waals surface area contributed by atoms with Crippen LogP contribution in [0, 0.1) is 5.82 Å². The van der Waals surface area contributed by atoms with Crippen molar-refractivity contribution in [3.05, 3.63) is 54.3 Å². The average Bonchev–Trinajstić information content (AvgIpc) is 2.73. The number of nitrogens with zero attached hydrogens (tertiary/aromatic N) is 3. The second kappa shape index (κ2) is 8.24. The van der Waals surface area contributed by atoms with Crippen LogP contribution in [0.5, 0.6) is 0 Å². The molecule has 1 unspecified atom stereocenters. The fourth-order valence-corrected chi connectivity index (χ4v) is 4.43. The van der Waals surface area contributed by atoms with E-state index in [1.807, 2.05) is 24.0 Å². The van der Waals surface area contributed by atoms with Gasteiger partial charge in [-0.05, 0) is 43.3 Å². The van der Waals surface area contributed by atoms with Crippen molar-refractivity contribution in [1.29, 1.82) is 0 Å². The molecule has 31 heavy (non-hydrogen) atoms. The Kier molecular flexibility index (Phi) is 5.63. The molecule has 0 radical (unpaired) electrons. The van der Waals surface area contributed by atoms with Crippen LogP contribution in [0.25, 0.3) is 22.5 Å². The first-order chi connectivity index (χ1) is 14.7. The lowest BCUT2D eigenvalue weighted by Gasteiger charge is -2.33. The molecule has 1 fully saturated rings. The van der Waals surface area contributed by atoms with E-state index in [9.17, 15) is 12.8 Å². The number of hydrogen-bond acceptors (Lipinski definition) is 7. The van der Waals surface area contributed by atoms with Crippen LogP contribution in [0.15, 0.2) is 53.4 Å². The molecule has 0 aliphatic carbocycles. The number of nitrogen functional groups attached to an aromatic ring is 1. The van der Waals surface area contributed by atoms with E-state index in [4.69, 9.17) is 15.5 Å². The number of ether oxygens (including phenoxy) is 1. The molecule has 9 heteroatoms. The molecule has 4 rings (SSSR count). The van der Waals surface area contributed by atoms with Crippen molar-refractivity contribution >= 4 is 21.5 Å². The molecule has 1 atom stereocenters. The quantitative estimate of drug-likeness (QED) is 0.489. The molecular formula is C22H23FN4O3S. The highest BCUT2D eigenvalue weighted by Crippen LogP contribution is 2.32. The van der Waals surface area contributed by atoms with Gasteiger partial charge in [-0.3, -0.25) is 0 Å². The average molecular weight is 443 g/mol. The van der Waals surface area contributed by atoms with Crippen molar-refractivity contribution in [3.63, 3.8) is 0 Å². The molecule has 3 aromatic rings. The molecule has 0 saturated carbocycles. The highest BCUT2D eigenvalue weighted by Gasteiger charge is 2.24. The van der Waals surface area contributed by atoms with Gasteiger partial charge in [0.25, 0.3) is 0 Å². The molecule has 0 amide bonds. The van der Waals surface area contributed by atoms with Gasteiger partial charge in [0, 0.05) is 29.6 Å². The zero-order chi connectivity index (χ0) is 22.2. The Labute approximate surface area is 180 Å². The van der Waals surface area contributed by atoms with Gasteiger partial charge in [-0.15, -0.1) is 0 Å². The normalized spacial score (nSPS) is 17.0. The first-order valence-electron chi connectivity index (χ1n) is 9.82. The number of nitrogens with two attached hydrogens (primary N) is 1. The van der Waals surface area contributed by atoms with E-state index < -0.39 is 15.7 Å². The van der Waals surface area contributed by atoms with E-state index in [1.165, 1.54) is 12.1 Å². The Morgan fingerprint density at radius 3 is 2.48 bits per heavy atom. The second-order valence-corrected chi connectivity index (χ2v) is 9.57. The van der Waals surface area contributed by atoms with Crippen molar-refractivity contribution in [3.8, 4) is 22.5 Å². The lowest BCUT2D eigenvalue weighted by molar-refractivity contribution is 0.0981. The lowest BCUT2D eigenvalue weighted by Crippen LogP contribution is -2.44. The summed E-state index contributed by atoms with van der Waals surface area (Å²) in [5, 5.41) is 0. The van der Waals surface area contributed by atoms with Crippen LogP contribution >= 0.6 is 0 Å². The summed E-state index contributed by atoms with van der Waals surface area (Å²) in [5.41, 5.74) is 8.33. The van der Waals surface area contributed by atoms with Crippen LogP contribution in [-0.4, -0.2) is 50.4 Å². The fourth-order valence-electron chi connectivity index (χ4n) is 3.55. The fraction of sp³-hybridized carbons (Fsp3) is 0.273. The smallest absolute Gasteiger partial charge is 0.226 e. The van der Waals surface area contributed by atoms with Gasteiger partial charge in [-0.1, -0.05) is 12.1 Å². The number of aromatic nitrogens is 2. The van der Waals surface area contributed by atoms with Gasteiger partial charge in [0.15, 0.2) is 9.84 Å². The highest BCUT2D eigenvalue weighted by atomic mass is 32.2. The molecule has 2 heterocycles. The summed E-state index contributed by atoms with van der Waals surface area (Å²) in [6.45, 7) is 3.65. The van der Waals surface area contributed by atoms with Crippen molar-refractivity contribution in [1.82, 2.24) is 9.97 Å². The molecule has 0 bridgehead atoms. The van der Waals surface area contributed by atoms with E-state index >= 15 is 0 Å². The van der Waals surface area contributed by atoms with Gasteiger partial charge in [-0.2, -0.15) is 0 Å². The maximum Gasteiger partial charge on any atom is 0.226 e. The van der Waals surface area contributed by atoms with Gasteiger partial charge in [0.2, 0.25) is 5.95 Å². The number of sulfone groups is 1. The molecule has 1 aliphatic heterocycles. The van der Waals surface area contributed by atoms with Crippen LogP contribution in [0.3, 0.4) is 0 Å². The standard InChI is InChI=1S/C22H23FN4O3S/c1-14-13-30-10-9-27(14)22-25-19(15-3-6-17(24)7-4-15)12-20(26-22)18-11-16(23)5-8-21(18)31(2,28)29/h3-8,11-12,14H,9-10,13,24H2,1-2H3. The maximum absolute atomic E-state index is 14.1. The summed E-state index contributed by atoms with van der Waals surface area (Å²) in [4.78, 5) is 11.4. The molecular weight excluding hydrogens is 419 g/mol. The zero-order valence-corrected chi connectivity index (χ0v) is 18.1. The topological polar surface area (TPSA) is 98.4 Å². The molecule has 162 valence electrons. The summed E-state index contributed by atoms with van der Waals surface area (Å²) in [7, 11) is -3.61. The Balaban J connectivity index is 1.94. The summed E-state index contributed by atoms with van der Waals surface area (Å²) < 4.78 is 44.4. The number of rotatable bonds is 4. The predicted molar refractivity (Wildman–Crippen MR) is 118 cm³/mol. The molecule has 2 N–H and O–H groups in total. The Bertz CT molecular complexity index is 1220. The Morgan fingerprint density at radius 1 is 1.10 bits per heavy atom. The number of halogens is 1. The molecule has 7 nitrogen and oxygen atoms in total. The maximum atomic E-state index is 14.1. The minimum absolute atomic E-state index is 0.0110. The molecule has 1 aromatic heterocycles. The van der Waals surface area contributed by atoms with Gasteiger partial charge >= 0.3 is 0 Å². The van der Waals surface area contributed by atoms with E-state index in [2.05, 4.69) is 4.98 Å². The van der Waals surface area contributed by atoms with Crippen molar-refractivity contribution in [2.24, 2.45) is 0 Å². The first kappa shape index (κ1) is 21.2. The monoisotopic (exact) mass is 442 g/mol. The van der Waals surface area contributed by atoms with E-state index in [1.54, 1.807) is 18.2 Å². The van der Waals surface area contributed by atoms with Gasteiger partial charge < -0.3 is 15.4 Å². The van der Waals surface area contributed by atoms with Gasteiger partial charge in [0.1, 0.15) is 5.82 Å². The molecule has 1 saturated heterocycles. The number of morpholine rings is 1. The van der Waals surface area contributed by atoms with E-state index in [-0.39, 0.29) is 16.5 Å². The van der Waals surface area contributed by atoms with Gasteiger partial charge in [-0.25, -0.2) is 22.8 Å². The van der Waals surface area contributed by atoms with Crippen LogP contribution in [0.4, 0.5) is 16.0 Å². The number of hydrogen-bond donors (Lipinski definition) is 1. The third kappa shape index (κ3) is 4.52. The number of benzene rings is 2. The second-order valence-electron chi connectivity index (χ2n) is 7.59. The summed E-state index contributed by atoms with van der Waals surface area (Å²) in [6.07, 6.45) is 1.09. The van der Waals surface area contributed by atoms with Crippen molar-refractivity contribution in [2.45, 2.75) is 17.9 Å². The van der Waals surface area contributed by atoms with Gasteiger partial charge in [0.05, 0.1) is 35.5 Å². The largest absolute Gasteiger partial charge is 0.399 e. The SMILES string of the molecule is CC1COCCN1c1nc(-c2ccc(N)cc2)cc(-c2cc(F)ccc2S(C)(=O)=O)n1. The molecule has 2 aromatic carbocycles. The number of anilines is 2. The third-order valence-electron chi connectivity index (χ3n) is 5.16.